The minimum atomic E-state index is -4.86. The van der Waals surface area contributed by atoms with E-state index in [2.05, 4.69) is 4.74 Å². The molecule has 0 bridgehead atoms. The molecule has 1 spiro atoms. The Morgan fingerprint density at radius 2 is 1.62 bits per heavy atom. The average Bonchev–Trinajstić information content (AvgIpc) is 3.44. The molecule has 0 radical (unpaired) electrons. The summed E-state index contributed by atoms with van der Waals surface area (Å²) < 4.78 is 86.6. The minimum Gasteiger partial charge on any atom is -0.489 e. The van der Waals surface area contributed by atoms with Crippen LogP contribution in [0.2, 0.25) is 0 Å². The van der Waals surface area contributed by atoms with Crippen LogP contribution in [0.1, 0.15) is 53.5 Å². The molecule has 0 N–H and O–H groups in total. The number of halogens is 3. The maximum absolute atomic E-state index is 14.2. The predicted molar refractivity (Wildman–Crippen MR) is 163 cm³/mol. The first-order valence-electron chi connectivity index (χ1n) is 14.9. The number of aryl methyl sites for hydroxylation is 1. The molecule has 6 rings (SSSR count). The number of ether oxygens (including phenoxy) is 3. The molecule has 6 nitrogen and oxygen atoms in total. The summed E-state index contributed by atoms with van der Waals surface area (Å²) in [4.78, 5) is 0.203. The van der Waals surface area contributed by atoms with Crippen molar-refractivity contribution in [1.29, 1.82) is 0 Å². The van der Waals surface area contributed by atoms with Gasteiger partial charge in [-0.2, -0.15) is 4.31 Å². The van der Waals surface area contributed by atoms with Crippen molar-refractivity contribution in [1.82, 2.24) is 4.31 Å². The quantitative estimate of drug-likeness (QED) is 0.196. The van der Waals surface area contributed by atoms with Crippen molar-refractivity contribution in [2.45, 2.75) is 61.6 Å². The monoisotopic (exact) mass is 637 g/mol. The van der Waals surface area contributed by atoms with Crippen molar-refractivity contribution in [3.63, 3.8) is 0 Å². The largest absolute Gasteiger partial charge is 0.573 e. The number of piperidine rings is 1. The van der Waals surface area contributed by atoms with Crippen LogP contribution in [0.5, 0.6) is 11.5 Å². The van der Waals surface area contributed by atoms with E-state index in [1.807, 2.05) is 67.6 Å². The summed E-state index contributed by atoms with van der Waals surface area (Å²) in [7, 11) is -3.91. The molecule has 4 aromatic rings. The van der Waals surface area contributed by atoms with Crippen molar-refractivity contribution >= 4 is 10.0 Å². The van der Waals surface area contributed by atoms with Gasteiger partial charge >= 0.3 is 6.36 Å². The first-order valence-corrected chi connectivity index (χ1v) is 16.3. The van der Waals surface area contributed by atoms with E-state index in [1.165, 1.54) is 22.5 Å². The zero-order chi connectivity index (χ0) is 31.7. The molecule has 236 valence electrons. The van der Waals surface area contributed by atoms with Crippen LogP contribution in [0, 0.1) is 6.92 Å². The third-order valence-corrected chi connectivity index (χ3v) is 10.4. The summed E-state index contributed by atoms with van der Waals surface area (Å²) in [5.41, 5.74) is 2.26. The highest BCUT2D eigenvalue weighted by Crippen LogP contribution is 2.53. The lowest BCUT2D eigenvalue weighted by Gasteiger charge is -2.47. The Bertz CT molecular complexity index is 1720. The fourth-order valence-electron chi connectivity index (χ4n) is 6.55. The van der Waals surface area contributed by atoms with Crippen LogP contribution in [0.4, 0.5) is 13.2 Å². The van der Waals surface area contributed by atoms with E-state index in [1.54, 1.807) is 24.3 Å². The molecule has 4 aromatic carbocycles. The smallest absolute Gasteiger partial charge is 0.489 e. The van der Waals surface area contributed by atoms with Crippen LogP contribution >= 0.6 is 0 Å². The van der Waals surface area contributed by atoms with Crippen LogP contribution in [0.15, 0.2) is 108 Å². The predicted octanol–water partition coefficient (Wildman–Crippen LogP) is 7.94. The van der Waals surface area contributed by atoms with Crippen molar-refractivity contribution < 1.29 is 35.8 Å². The second-order valence-electron chi connectivity index (χ2n) is 11.6. The highest BCUT2D eigenvalue weighted by Gasteiger charge is 2.54. The Kier molecular flexibility index (Phi) is 8.65. The topological polar surface area (TPSA) is 65.1 Å². The van der Waals surface area contributed by atoms with Gasteiger partial charge in [-0.15, -0.1) is 13.2 Å². The van der Waals surface area contributed by atoms with Crippen molar-refractivity contribution in [3.05, 3.63) is 125 Å². The van der Waals surface area contributed by atoms with E-state index >= 15 is 0 Å². The lowest BCUT2D eigenvalue weighted by atomic mass is 9.76. The van der Waals surface area contributed by atoms with Gasteiger partial charge < -0.3 is 14.2 Å². The van der Waals surface area contributed by atoms with Gasteiger partial charge in [0, 0.05) is 18.0 Å². The zero-order valence-electron chi connectivity index (χ0n) is 24.7. The summed E-state index contributed by atoms with van der Waals surface area (Å²) in [5, 5.41) is 0. The third-order valence-electron chi connectivity index (χ3n) is 8.56. The SMILES string of the molecule is Cc1ccc(S(=O)(=O)N2CCCC3(CC(c4cc(OC(F)(F)F)ccc4OCc4ccccc4)CO3)C2c2ccccc2)cc1. The number of sulfonamides is 1. The Morgan fingerprint density at radius 3 is 2.31 bits per heavy atom. The molecule has 2 heterocycles. The fraction of sp³-hybridized carbons (Fsp3) is 0.314. The molecule has 3 atom stereocenters. The molecular weight excluding hydrogens is 603 g/mol. The first-order chi connectivity index (χ1) is 21.5. The number of benzene rings is 4. The molecule has 2 fully saturated rings. The Labute approximate surface area is 261 Å². The maximum Gasteiger partial charge on any atom is 0.573 e. The van der Waals surface area contributed by atoms with Crippen LogP contribution < -0.4 is 9.47 Å². The van der Waals surface area contributed by atoms with Crippen molar-refractivity contribution in [3.8, 4) is 11.5 Å². The van der Waals surface area contributed by atoms with Gasteiger partial charge in [-0.3, -0.25) is 0 Å². The van der Waals surface area contributed by atoms with Gasteiger partial charge in [-0.1, -0.05) is 78.4 Å². The molecule has 0 aliphatic carbocycles. The third kappa shape index (κ3) is 6.73. The second kappa shape index (κ2) is 12.5. The standard InChI is InChI=1S/C35H34F3NO5S/c1-25-13-16-30(17-14-25)45(40,41)39-20-8-19-34(33(39)27-11-6-3-7-12-27)22-28(24-43-34)31-21-29(44-35(36,37)38)15-18-32(31)42-23-26-9-4-2-5-10-26/h2-7,9-18,21,28,33H,8,19-20,22-24H2,1H3. The van der Waals surface area contributed by atoms with Gasteiger partial charge in [0.15, 0.2) is 0 Å². The molecular formula is C35H34F3NO5S. The number of rotatable bonds is 8. The van der Waals surface area contributed by atoms with Crippen LogP contribution in [0.25, 0.3) is 0 Å². The van der Waals surface area contributed by atoms with E-state index in [-0.39, 0.29) is 29.8 Å². The maximum atomic E-state index is 14.2. The van der Waals surface area contributed by atoms with Gasteiger partial charge in [-0.05, 0) is 67.6 Å². The molecule has 3 unspecified atom stereocenters. The summed E-state index contributed by atoms with van der Waals surface area (Å²) in [6, 6.07) is 29.1. The lowest BCUT2D eigenvalue weighted by molar-refractivity contribution is -0.274. The van der Waals surface area contributed by atoms with E-state index < -0.39 is 28.0 Å². The van der Waals surface area contributed by atoms with E-state index in [9.17, 15) is 21.6 Å². The lowest BCUT2D eigenvalue weighted by Crippen LogP contribution is -2.52. The van der Waals surface area contributed by atoms with Gasteiger partial charge in [0.2, 0.25) is 10.0 Å². The summed E-state index contributed by atoms with van der Waals surface area (Å²) in [6.45, 7) is 2.62. The summed E-state index contributed by atoms with van der Waals surface area (Å²) in [6.07, 6.45) is -3.33. The summed E-state index contributed by atoms with van der Waals surface area (Å²) >= 11 is 0. The molecule has 10 heteroatoms. The fourth-order valence-corrected chi connectivity index (χ4v) is 8.26. The molecule has 2 aliphatic heterocycles. The molecule has 45 heavy (non-hydrogen) atoms. The number of alkyl halides is 3. The Balaban J connectivity index is 1.37. The van der Waals surface area contributed by atoms with Crippen LogP contribution in [-0.2, 0) is 21.4 Å². The first kappa shape index (κ1) is 31.1. The highest BCUT2D eigenvalue weighted by atomic mass is 32.2. The molecule has 0 aromatic heterocycles. The number of hydrogen-bond donors (Lipinski definition) is 0. The van der Waals surface area contributed by atoms with Gasteiger partial charge in [0.05, 0.1) is 23.1 Å². The number of nitrogens with zero attached hydrogens (tertiary/aromatic N) is 1. The Hall–Kier alpha value is -3.86. The highest BCUT2D eigenvalue weighted by molar-refractivity contribution is 7.89. The molecule has 2 saturated heterocycles. The molecule has 2 aliphatic rings. The van der Waals surface area contributed by atoms with Gasteiger partial charge in [0.1, 0.15) is 18.1 Å². The number of hydrogen-bond acceptors (Lipinski definition) is 5. The summed E-state index contributed by atoms with van der Waals surface area (Å²) in [5.74, 6) is -0.298. The van der Waals surface area contributed by atoms with Gasteiger partial charge in [0.25, 0.3) is 0 Å². The van der Waals surface area contributed by atoms with E-state index in [4.69, 9.17) is 9.47 Å². The van der Waals surface area contributed by atoms with Crippen molar-refractivity contribution in [2.24, 2.45) is 0 Å². The van der Waals surface area contributed by atoms with Crippen LogP contribution in [0.3, 0.4) is 0 Å². The normalized spacial score (nSPS) is 22.4. The van der Waals surface area contributed by atoms with E-state index in [0.29, 0.717) is 37.1 Å². The molecule has 0 amide bonds. The zero-order valence-corrected chi connectivity index (χ0v) is 25.6. The van der Waals surface area contributed by atoms with Crippen molar-refractivity contribution in [2.75, 3.05) is 13.2 Å². The minimum absolute atomic E-state index is 0.179. The van der Waals surface area contributed by atoms with Crippen LogP contribution in [-0.4, -0.2) is 37.8 Å². The Morgan fingerprint density at radius 1 is 0.933 bits per heavy atom. The van der Waals surface area contributed by atoms with E-state index in [0.717, 1.165) is 16.7 Å². The molecule has 0 saturated carbocycles. The van der Waals surface area contributed by atoms with Gasteiger partial charge in [-0.25, -0.2) is 8.42 Å². The average molecular weight is 638 g/mol. The second-order valence-corrected chi connectivity index (χ2v) is 13.5.